The zero-order valence-electron chi connectivity index (χ0n) is 10.1. The Balaban J connectivity index is 2.11. The van der Waals surface area contributed by atoms with Crippen molar-refractivity contribution in [1.82, 2.24) is 4.98 Å². The lowest BCUT2D eigenvalue weighted by Gasteiger charge is -2.28. The summed E-state index contributed by atoms with van der Waals surface area (Å²) in [6.07, 6.45) is 2.57. The van der Waals surface area contributed by atoms with E-state index in [9.17, 15) is 22.7 Å². The van der Waals surface area contributed by atoms with Crippen LogP contribution < -0.4 is 5.32 Å². The van der Waals surface area contributed by atoms with Crippen LogP contribution in [0.1, 0.15) is 25.7 Å². The molecule has 3 nitrogen and oxygen atoms in total. The third kappa shape index (κ3) is 2.97. The molecule has 1 aliphatic carbocycles. The maximum absolute atomic E-state index is 13.3. The van der Waals surface area contributed by atoms with Crippen LogP contribution in [0.3, 0.4) is 0 Å². The summed E-state index contributed by atoms with van der Waals surface area (Å²) in [7, 11) is 0. The molecule has 0 aliphatic heterocycles. The van der Waals surface area contributed by atoms with Gasteiger partial charge in [-0.05, 0) is 12.8 Å². The minimum absolute atomic E-state index is 0.0535. The fraction of sp³-hybridized carbons (Fsp3) is 0.583. The Bertz CT molecular complexity index is 443. The van der Waals surface area contributed by atoms with Gasteiger partial charge in [0.25, 0.3) is 11.9 Å². The molecule has 2 atom stereocenters. The van der Waals surface area contributed by atoms with Crippen LogP contribution in [0.25, 0.3) is 0 Å². The Labute approximate surface area is 107 Å². The number of aliphatic hydroxyl groups excluding tert-OH is 1. The second-order valence-corrected chi connectivity index (χ2v) is 4.69. The highest BCUT2D eigenvalue weighted by atomic mass is 19.2. The number of halogens is 4. The molecule has 2 unspecified atom stereocenters. The topological polar surface area (TPSA) is 45.1 Å². The number of hydrogen-bond donors (Lipinski definition) is 2. The Morgan fingerprint density at radius 3 is 2.21 bits per heavy atom. The molecule has 19 heavy (non-hydrogen) atoms. The van der Waals surface area contributed by atoms with Crippen molar-refractivity contribution >= 4 is 5.69 Å². The summed E-state index contributed by atoms with van der Waals surface area (Å²) in [5, 5.41) is 12.0. The maximum atomic E-state index is 13.3. The van der Waals surface area contributed by atoms with Crippen LogP contribution in [-0.2, 0) is 0 Å². The Morgan fingerprint density at radius 2 is 1.63 bits per heavy atom. The molecule has 0 saturated heterocycles. The van der Waals surface area contributed by atoms with Crippen molar-refractivity contribution in [2.24, 2.45) is 5.92 Å². The molecular weight excluding hydrogens is 264 g/mol. The van der Waals surface area contributed by atoms with Crippen molar-refractivity contribution < 1.29 is 22.7 Å². The molecule has 0 radical (unpaired) electrons. The molecule has 1 aromatic heterocycles. The summed E-state index contributed by atoms with van der Waals surface area (Å²) < 4.78 is 52.4. The first-order chi connectivity index (χ1) is 9.00. The van der Waals surface area contributed by atoms with Crippen molar-refractivity contribution in [3.8, 4) is 0 Å². The van der Waals surface area contributed by atoms with Crippen molar-refractivity contribution in [3.63, 3.8) is 0 Å². The smallest absolute Gasteiger partial charge is 0.253 e. The quantitative estimate of drug-likeness (QED) is 0.660. The molecule has 1 aromatic rings. The van der Waals surface area contributed by atoms with E-state index in [1.54, 1.807) is 0 Å². The summed E-state index contributed by atoms with van der Waals surface area (Å²) in [5.41, 5.74) is -0.872. The number of hydrogen-bond acceptors (Lipinski definition) is 3. The Kier molecular flexibility index (Phi) is 4.24. The Morgan fingerprint density at radius 1 is 1.05 bits per heavy atom. The zero-order chi connectivity index (χ0) is 14.0. The minimum atomic E-state index is -1.69. The first-order valence-corrected chi connectivity index (χ1v) is 6.12. The molecule has 0 aromatic carbocycles. The van der Waals surface area contributed by atoms with E-state index in [0.717, 1.165) is 12.8 Å². The van der Waals surface area contributed by atoms with Crippen LogP contribution in [-0.4, -0.2) is 22.7 Å². The molecule has 7 heteroatoms. The van der Waals surface area contributed by atoms with E-state index in [1.807, 2.05) is 0 Å². The highest BCUT2D eigenvalue weighted by Gasteiger charge is 2.25. The number of nitrogens with zero attached hydrogens (tertiary/aromatic N) is 1. The summed E-state index contributed by atoms with van der Waals surface area (Å²) in [5.74, 6) is -6.67. The van der Waals surface area contributed by atoms with Gasteiger partial charge in [0, 0.05) is 12.5 Å². The summed E-state index contributed by atoms with van der Waals surface area (Å²) >= 11 is 0. The lowest BCUT2D eigenvalue weighted by atomic mass is 9.86. The number of aromatic nitrogens is 1. The lowest BCUT2D eigenvalue weighted by Crippen LogP contribution is -2.30. The SMILES string of the molecule is OC1CCCCC1CNc1c(F)c(F)nc(F)c1F. The van der Waals surface area contributed by atoms with Gasteiger partial charge in [0.05, 0.1) is 6.10 Å². The van der Waals surface area contributed by atoms with E-state index in [4.69, 9.17) is 0 Å². The summed E-state index contributed by atoms with van der Waals surface area (Å²) in [6.45, 7) is 0.0535. The molecule has 0 bridgehead atoms. The molecule has 0 spiro atoms. The van der Waals surface area contributed by atoms with Gasteiger partial charge in [-0.1, -0.05) is 12.8 Å². The minimum Gasteiger partial charge on any atom is -0.393 e. The molecule has 1 saturated carbocycles. The van der Waals surface area contributed by atoms with Gasteiger partial charge in [0.1, 0.15) is 5.69 Å². The van der Waals surface area contributed by atoms with Gasteiger partial charge in [0.15, 0.2) is 0 Å². The molecule has 1 aliphatic rings. The van der Waals surface area contributed by atoms with Gasteiger partial charge >= 0.3 is 0 Å². The van der Waals surface area contributed by atoms with Crippen LogP contribution >= 0.6 is 0 Å². The van der Waals surface area contributed by atoms with E-state index >= 15 is 0 Å². The van der Waals surface area contributed by atoms with E-state index in [0.29, 0.717) is 12.8 Å². The highest BCUT2D eigenvalue weighted by molar-refractivity contribution is 5.45. The van der Waals surface area contributed by atoms with E-state index in [-0.39, 0.29) is 12.5 Å². The molecule has 1 heterocycles. The monoisotopic (exact) mass is 278 g/mol. The van der Waals surface area contributed by atoms with Gasteiger partial charge in [-0.25, -0.2) is 0 Å². The molecule has 0 amide bonds. The summed E-state index contributed by atoms with van der Waals surface area (Å²) in [6, 6.07) is 0. The van der Waals surface area contributed by atoms with Gasteiger partial charge in [-0.2, -0.15) is 22.5 Å². The second kappa shape index (κ2) is 5.73. The van der Waals surface area contributed by atoms with Crippen LogP contribution in [0, 0.1) is 29.4 Å². The summed E-state index contributed by atoms with van der Waals surface area (Å²) in [4.78, 5) is 2.47. The average Bonchev–Trinajstić information content (AvgIpc) is 2.38. The molecule has 1 fully saturated rings. The first-order valence-electron chi connectivity index (χ1n) is 6.12. The maximum Gasteiger partial charge on any atom is 0.253 e. The third-order valence-electron chi connectivity index (χ3n) is 3.41. The van der Waals surface area contributed by atoms with Crippen LogP contribution in [0.2, 0.25) is 0 Å². The molecular formula is C12H14F4N2O. The van der Waals surface area contributed by atoms with Crippen LogP contribution in [0.4, 0.5) is 23.2 Å². The van der Waals surface area contributed by atoms with Gasteiger partial charge in [-0.15, -0.1) is 0 Å². The van der Waals surface area contributed by atoms with Crippen LogP contribution in [0.5, 0.6) is 0 Å². The zero-order valence-corrected chi connectivity index (χ0v) is 10.1. The Hall–Kier alpha value is -1.37. The average molecular weight is 278 g/mol. The predicted molar refractivity (Wildman–Crippen MR) is 60.5 cm³/mol. The first kappa shape index (κ1) is 14.0. The number of anilines is 1. The van der Waals surface area contributed by atoms with Crippen molar-refractivity contribution in [2.75, 3.05) is 11.9 Å². The van der Waals surface area contributed by atoms with E-state index < -0.39 is 35.3 Å². The van der Waals surface area contributed by atoms with Crippen LogP contribution in [0.15, 0.2) is 0 Å². The van der Waals surface area contributed by atoms with E-state index in [1.165, 1.54) is 0 Å². The number of rotatable bonds is 3. The van der Waals surface area contributed by atoms with Crippen molar-refractivity contribution in [2.45, 2.75) is 31.8 Å². The molecule has 106 valence electrons. The van der Waals surface area contributed by atoms with Crippen molar-refractivity contribution in [1.29, 1.82) is 0 Å². The fourth-order valence-electron chi connectivity index (χ4n) is 2.30. The fourth-order valence-corrected chi connectivity index (χ4v) is 2.30. The number of nitrogens with one attached hydrogen (secondary N) is 1. The highest BCUT2D eigenvalue weighted by Crippen LogP contribution is 2.27. The predicted octanol–water partition coefficient (Wildman–Crippen LogP) is 2.60. The molecule has 2 rings (SSSR count). The lowest BCUT2D eigenvalue weighted by molar-refractivity contribution is 0.0762. The standard InChI is InChI=1S/C12H14F4N2O/c13-8-10(9(14)12(16)18-11(8)15)17-5-6-3-1-2-4-7(6)19/h6-7,19H,1-5H2,(H,17,18). The number of aliphatic hydroxyl groups is 1. The normalized spacial score (nSPS) is 23.4. The second-order valence-electron chi connectivity index (χ2n) is 4.69. The van der Waals surface area contributed by atoms with Crippen molar-refractivity contribution in [3.05, 3.63) is 23.5 Å². The van der Waals surface area contributed by atoms with E-state index in [2.05, 4.69) is 10.3 Å². The largest absolute Gasteiger partial charge is 0.393 e. The van der Waals surface area contributed by atoms with Gasteiger partial charge in [0.2, 0.25) is 11.6 Å². The number of pyridine rings is 1. The molecule has 2 N–H and O–H groups in total. The van der Waals surface area contributed by atoms with Gasteiger partial charge in [-0.3, -0.25) is 0 Å². The van der Waals surface area contributed by atoms with Gasteiger partial charge < -0.3 is 10.4 Å². The third-order valence-corrected chi connectivity index (χ3v) is 3.41.